The number of hydrogen-bond donors (Lipinski definition) is 0. The Morgan fingerprint density at radius 3 is 2.25 bits per heavy atom. The van der Waals surface area contributed by atoms with Gasteiger partial charge in [-0.05, 0) is 104 Å². The van der Waals surface area contributed by atoms with Gasteiger partial charge in [-0.1, -0.05) is 20.8 Å². The van der Waals surface area contributed by atoms with Gasteiger partial charge in [0.25, 0.3) is 0 Å². The standard InChI is InChI=1S/C24H37F3O/c1-14(21-13-28-21)18-6-7-19-17-5-4-15-12-16(24(25,26)27)8-10-22(15,2)20(17)9-11-23(18,19)3/h14-21H,4-13H2,1-3H3. The highest BCUT2D eigenvalue weighted by Crippen LogP contribution is 2.69. The van der Waals surface area contributed by atoms with E-state index in [1.165, 1.54) is 32.1 Å². The van der Waals surface area contributed by atoms with Crippen LogP contribution in [0.3, 0.4) is 0 Å². The second-order valence-electron chi connectivity index (χ2n) is 11.6. The molecule has 0 spiro atoms. The van der Waals surface area contributed by atoms with E-state index in [0.29, 0.717) is 36.2 Å². The number of epoxide rings is 1. The van der Waals surface area contributed by atoms with Crippen molar-refractivity contribution in [2.24, 2.45) is 52.3 Å². The van der Waals surface area contributed by atoms with Crippen LogP contribution in [0.2, 0.25) is 0 Å². The molecule has 10 atom stereocenters. The third-order valence-corrected chi connectivity index (χ3v) is 10.8. The fraction of sp³-hybridized carbons (Fsp3) is 1.00. The third-order valence-electron chi connectivity index (χ3n) is 10.8. The minimum absolute atomic E-state index is 0.148. The molecule has 0 N–H and O–H groups in total. The van der Waals surface area contributed by atoms with Crippen LogP contribution < -0.4 is 0 Å². The zero-order valence-electron chi connectivity index (χ0n) is 17.7. The molecule has 4 saturated carbocycles. The predicted octanol–water partition coefficient (Wildman–Crippen LogP) is 6.86. The van der Waals surface area contributed by atoms with Crippen molar-refractivity contribution in [3.05, 3.63) is 0 Å². The van der Waals surface area contributed by atoms with E-state index in [1.807, 2.05) is 0 Å². The first kappa shape index (κ1) is 19.7. The van der Waals surface area contributed by atoms with Crippen LogP contribution in [0, 0.1) is 52.3 Å². The number of fused-ring (bicyclic) bond motifs is 5. The quantitative estimate of drug-likeness (QED) is 0.463. The molecular formula is C24H37F3O. The van der Waals surface area contributed by atoms with E-state index in [0.717, 1.165) is 37.2 Å². The summed E-state index contributed by atoms with van der Waals surface area (Å²) in [5.41, 5.74) is 0.578. The number of alkyl halides is 3. The highest BCUT2D eigenvalue weighted by atomic mass is 19.4. The summed E-state index contributed by atoms with van der Waals surface area (Å²) in [5.74, 6) is 2.87. The fourth-order valence-electron chi connectivity index (χ4n) is 9.08. The molecule has 4 aliphatic carbocycles. The molecule has 0 aromatic rings. The van der Waals surface area contributed by atoms with Crippen molar-refractivity contribution < 1.29 is 17.9 Å². The molecule has 1 heterocycles. The maximum absolute atomic E-state index is 13.4. The van der Waals surface area contributed by atoms with E-state index in [9.17, 15) is 13.2 Å². The summed E-state index contributed by atoms with van der Waals surface area (Å²) in [5, 5.41) is 0. The Balaban J connectivity index is 1.35. The van der Waals surface area contributed by atoms with Crippen LogP contribution >= 0.6 is 0 Å². The van der Waals surface area contributed by atoms with E-state index >= 15 is 0 Å². The fourth-order valence-corrected chi connectivity index (χ4v) is 9.08. The first-order chi connectivity index (χ1) is 13.1. The maximum Gasteiger partial charge on any atom is 0.391 e. The molecule has 28 heavy (non-hydrogen) atoms. The molecule has 4 heteroatoms. The lowest BCUT2D eigenvalue weighted by atomic mass is 9.44. The summed E-state index contributed by atoms with van der Waals surface area (Å²) in [6.45, 7) is 8.28. The van der Waals surface area contributed by atoms with Gasteiger partial charge in [0.1, 0.15) is 0 Å². The Kier molecular flexibility index (Phi) is 4.48. The highest BCUT2D eigenvalue weighted by molar-refractivity contribution is 5.10. The van der Waals surface area contributed by atoms with Crippen molar-refractivity contribution in [2.45, 2.75) is 90.8 Å². The molecule has 160 valence electrons. The Labute approximate surface area is 168 Å². The second-order valence-corrected chi connectivity index (χ2v) is 11.6. The molecule has 0 amide bonds. The van der Waals surface area contributed by atoms with Gasteiger partial charge in [-0.25, -0.2) is 0 Å². The van der Waals surface area contributed by atoms with Crippen LogP contribution in [0.1, 0.15) is 78.6 Å². The van der Waals surface area contributed by atoms with Gasteiger partial charge in [-0.3, -0.25) is 0 Å². The van der Waals surface area contributed by atoms with Gasteiger partial charge in [0, 0.05) is 0 Å². The van der Waals surface area contributed by atoms with Crippen molar-refractivity contribution in [2.75, 3.05) is 6.61 Å². The van der Waals surface area contributed by atoms with Gasteiger partial charge in [-0.2, -0.15) is 13.2 Å². The van der Waals surface area contributed by atoms with Crippen LogP contribution in [0.5, 0.6) is 0 Å². The van der Waals surface area contributed by atoms with Gasteiger partial charge in [0.05, 0.1) is 18.6 Å². The van der Waals surface area contributed by atoms with Crippen LogP contribution in [0.15, 0.2) is 0 Å². The zero-order chi connectivity index (χ0) is 19.9. The molecule has 1 saturated heterocycles. The first-order valence-electron chi connectivity index (χ1n) is 11.8. The van der Waals surface area contributed by atoms with E-state index in [1.54, 1.807) is 0 Å². The Bertz CT molecular complexity index is 613. The summed E-state index contributed by atoms with van der Waals surface area (Å²) in [6.07, 6.45) is 5.45. The van der Waals surface area contributed by atoms with Gasteiger partial charge < -0.3 is 4.74 Å². The van der Waals surface area contributed by atoms with Gasteiger partial charge in [-0.15, -0.1) is 0 Å². The second kappa shape index (κ2) is 6.37. The SMILES string of the molecule is CC(C1CO1)C1CCC2C3CCC4CC(C(F)(F)F)CCC4(C)C3CCC12C. The van der Waals surface area contributed by atoms with Crippen molar-refractivity contribution in [1.29, 1.82) is 0 Å². The number of halogens is 3. The molecule has 0 radical (unpaired) electrons. The molecule has 5 aliphatic rings. The minimum Gasteiger partial charge on any atom is -0.373 e. The van der Waals surface area contributed by atoms with Crippen LogP contribution in [0.25, 0.3) is 0 Å². The Hall–Kier alpha value is -0.250. The van der Waals surface area contributed by atoms with Gasteiger partial charge in [0.2, 0.25) is 0 Å². The molecule has 0 aromatic heterocycles. The normalized spacial score (nSPS) is 54.4. The lowest BCUT2D eigenvalue weighted by Gasteiger charge is -2.61. The predicted molar refractivity (Wildman–Crippen MR) is 104 cm³/mol. The molecule has 5 fully saturated rings. The molecule has 10 unspecified atom stereocenters. The lowest BCUT2D eigenvalue weighted by molar-refractivity contribution is -0.208. The minimum atomic E-state index is -4.00. The van der Waals surface area contributed by atoms with E-state index in [4.69, 9.17) is 4.74 Å². The van der Waals surface area contributed by atoms with Crippen molar-refractivity contribution >= 4 is 0 Å². The monoisotopic (exact) mass is 398 g/mol. The molecule has 1 nitrogen and oxygen atoms in total. The largest absolute Gasteiger partial charge is 0.391 e. The summed E-state index contributed by atoms with van der Waals surface area (Å²) >= 11 is 0. The molecule has 1 aliphatic heterocycles. The number of rotatable bonds is 2. The summed E-state index contributed by atoms with van der Waals surface area (Å²) in [6, 6.07) is 0. The highest BCUT2D eigenvalue weighted by Gasteiger charge is 2.62. The topological polar surface area (TPSA) is 12.5 Å². The average Bonchev–Trinajstić information content (AvgIpc) is 3.41. The Morgan fingerprint density at radius 1 is 0.893 bits per heavy atom. The third kappa shape index (κ3) is 2.82. The van der Waals surface area contributed by atoms with Crippen molar-refractivity contribution in [3.8, 4) is 0 Å². The number of ether oxygens (including phenoxy) is 1. The van der Waals surface area contributed by atoms with E-state index in [2.05, 4.69) is 20.8 Å². The average molecular weight is 399 g/mol. The lowest BCUT2D eigenvalue weighted by Crippen LogP contribution is -2.54. The van der Waals surface area contributed by atoms with Gasteiger partial charge in [0.15, 0.2) is 0 Å². The molecule has 5 rings (SSSR count). The van der Waals surface area contributed by atoms with Crippen LogP contribution in [-0.4, -0.2) is 18.9 Å². The van der Waals surface area contributed by atoms with Crippen molar-refractivity contribution in [3.63, 3.8) is 0 Å². The van der Waals surface area contributed by atoms with Crippen molar-refractivity contribution in [1.82, 2.24) is 0 Å². The summed E-state index contributed by atoms with van der Waals surface area (Å²) in [7, 11) is 0. The Morgan fingerprint density at radius 2 is 1.57 bits per heavy atom. The smallest absolute Gasteiger partial charge is 0.373 e. The molecule has 0 aromatic carbocycles. The van der Waals surface area contributed by atoms with E-state index in [-0.39, 0.29) is 11.3 Å². The molecule has 0 bridgehead atoms. The zero-order valence-corrected chi connectivity index (χ0v) is 17.7. The van der Waals surface area contributed by atoms with Crippen LogP contribution in [0.4, 0.5) is 13.2 Å². The summed E-state index contributed by atoms with van der Waals surface area (Å²) < 4.78 is 45.7. The first-order valence-corrected chi connectivity index (χ1v) is 11.8. The van der Waals surface area contributed by atoms with E-state index < -0.39 is 12.1 Å². The van der Waals surface area contributed by atoms with Crippen LogP contribution in [-0.2, 0) is 4.74 Å². The molecular weight excluding hydrogens is 361 g/mol. The summed E-state index contributed by atoms with van der Waals surface area (Å²) in [4.78, 5) is 0. The number of hydrogen-bond acceptors (Lipinski definition) is 1. The van der Waals surface area contributed by atoms with Gasteiger partial charge >= 0.3 is 6.18 Å². The maximum atomic E-state index is 13.4.